The summed E-state index contributed by atoms with van der Waals surface area (Å²) in [5, 5.41) is 12.2. The van der Waals surface area contributed by atoms with Crippen molar-refractivity contribution in [2.24, 2.45) is 7.05 Å². The zero-order chi connectivity index (χ0) is 27.4. The Balaban J connectivity index is 1.65. The van der Waals surface area contributed by atoms with Crippen molar-refractivity contribution in [1.82, 2.24) is 20.1 Å². The molecule has 3 N–H and O–H groups in total. The van der Waals surface area contributed by atoms with E-state index in [1.165, 1.54) is 12.3 Å². The monoisotopic (exact) mass is 526 g/mol. The Labute approximate surface area is 214 Å². The van der Waals surface area contributed by atoms with Gasteiger partial charge in [0.2, 0.25) is 0 Å². The number of para-hydroxylation sites is 1. The second kappa shape index (κ2) is 10.7. The largest absolute Gasteiger partial charge is 0.416 e. The molecule has 0 aliphatic heterocycles. The van der Waals surface area contributed by atoms with Crippen LogP contribution in [0.3, 0.4) is 0 Å². The molecule has 0 bridgehead atoms. The molecule has 0 spiro atoms. The number of nitrogens with one attached hydrogen (secondary N) is 3. The highest BCUT2D eigenvalue weighted by molar-refractivity contribution is 6.07. The van der Waals surface area contributed by atoms with Gasteiger partial charge in [-0.15, -0.1) is 0 Å². The number of carbonyl (C=O) groups excluding carboxylic acids is 2. The second-order valence-corrected chi connectivity index (χ2v) is 8.37. The first-order chi connectivity index (χ1) is 18.0. The molecule has 12 heteroatoms. The van der Waals surface area contributed by atoms with Crippen LogP contribution in [-0.4, -0.2) is 26.6 Å². The quantitative estimate of drug-likeness (QED) is 0.287. The molecule has 0 aliphatic carbocycles. The third kappa shape index (κ3) is 6.14. The van der Waals surface area contributed by atoms with Crippen molar-refractivity contribution in [3.8, 4) is 0 Å². The SMILES string of the molecule is Cc1ccccc1Nc1ncc(C(=O)NCc2ccnn2C)cc1NC(=O)c1cc(F)cc(C(F)(F)F)c1. The fourth-order valence-electron chi connectivity index (χ4n) is 3.55. The number of anilines is 3. The van der Waals surface area contributed by atoms with E-state index in [1.807, 2.05) is 19.1 Å². The molecule has 0 aliphatic rings. The van der Waals surface area contributed by atoms with Gasteiger partial charge in [0.25, 0.3) is 11.8 Å². The lowest BCUT2D eigenvalue weighted by Gasteiger charge is -2.16. The van der Waals surface area contributed by atoms with Crippen LogP contribution in [0.5, 0.6) is 0 Å². The molecular formula is C26H22F4N6O2. The van der Waals surface area contributed by atoms with Crippen molar-refractivity contribution in [1.29, 1.82) is 0 Å². The summed E-state index contributed by atoms with van der Waals surface area (Å²) in [7, 11) is 1.72. The fraction of sp³-hybridized carbons (Fsp3) is 0.154. The first-order valence-electron chi connectivity index (χ1n) is 11.3. The number of halogens is 4. The number of hydrogen-bond donors (Lipinski definition) is 3. The number of pyridine rings is 1. The molecule has 2 heterocycles. The first kappa shape index (κ1) is 26.3. The molecule has 4 rings (SSSR count). The second-order valence-electron chi connectivity index (χ2n) is 8.37. The van der Waals surface area contributed by atoms with Crippen molar-refractivity contribution < 1.29 is 27.2 Å². The molecule has 0 atom stereocenters. The minimum Gasteiger partial charge on any atom is -0.346 e. The lowest BCUT2D eigenvalue weighted by Crippen LogP contribution is -2.24. The summed E-state index contributed by atoms with van der Waals surface area (Å²) in [5.41, 5.74) is 0.465. The van der Waals surface area contributed by atoms with E-state index in [-0.39, 0.29) is 23.6 Å². The summed E-state index contributed by atoms with van der Waals surface area (Å²) in [4.78, 5) is 30.0. The standard InChI is InChI=1S/C26H22F4N6O2/c1-15-5-3-4-6-21(15)34-23-22(35-25(38)16-9-18(26(28,29)30)12-19(27)10-16)11-17(13-31-23)24(37)32-14-20-7-8-33-36(20)2/h3-13H,14H2,1-2H3,(H,31,34)(H,32,37)(H,35,38). The molecule has 196 valence electrons. The van der Waals surface area contributed by atoms with Gasteiger partial charge in [0, 0.05) is 30.7 Å². The normalized spacial score (nSPS) is 11.2. The predicted molar refractivity (Wildman–Crippen MR) is 132 cm³/mol. The number of benzene rings is 2. The molecule has 2 aromatic carbocycles. The Kier molecular flexibility index (Phi) is 7.42. The van der Waals surface area contributed by atoms with E-state index in [1.54, 1.807) is 36.1 Å². The summed E-state index contributed by atoms with van der Waals surface area (Å²) in [6.07, 6.45) is -1.97. The fourth-order valence-corrected chi connectivity index (χ4v) is 3.55. The number of alkyl halides is 3. The van der Waals surface area contributed by atoms with Gasteiger partial charge in [-0.1, -0.05) is 18.2 Å². The smallest absolute Gasteiger partial charge is 0.346 e. The number of aromatic nitrogens is 3. The van der Waals surface area contributed by atoms with Gasteiger partial charge >= 0.3 is 6.18 Å². The third-order valence-corrected chi connectivity index (χ3v) is 5.64. The van der Waals surface area contributed by atoms with Crippen LogP contribution in [0.15, 0.2) is 67.0 Å². The maximum absolute atomic E-state index is 13.9. The van der Waals surface area contributed by atoms with Gasteiger partial charge in [-0.05, 0) is 48.9 Å². The molecule has 0 unspecified atom stereocenters. The zero-order valence-corrected chi connectivity index (χ0v) is 20.2. The minimum atomic E-state index is -4.85. The maximum Gasteiger partial charge on any atom is 0.416 e. The number of hydrogen-bond acceptors (Lipinski definition) is 5. The number of rotatable bonds is 7. The molecule has 2 amide bonds. The van der Waals surface area contributed by atoms with E-state index in [4.69, 9.17) is 0 Å². The van der Waals surface area contributed by atoms with Gasteiger partial charge in [-0.25, -0.2) is 9.37 Å². The van der Waals surface area contributed by atoms with Crippen molar-refractivity contribution in [2.45, 2.75) is 19.6 Å². The minimum absolute atomic E-state index is 0.00394. The van der Waals surface area contributed by atoms with E-state index < -0.39 is 34.9 Å². The molecule has 4 aromatic rings. The maximum atomic E-state index is 13.9. The Hall–Kier alpha value is -4.74. The summed E-state index contributed by atoms with van der Waals surface area (Å²) in [5.74, 6) is -2.62. The van der Waals surface area contributed by atoms with Crippen LogP contribution in [0.25, 0.3) is 0 Å². The molecule has 38 heavy (non-hydrogen) atoms. The van der Waals surface area contributed by atoms with Crippen molar-refractivity contribution >= 4 is 29.0 Å². The molecule has 2 aromatic heterocycles. The van der Waals surface area contributed by atoms with Gasteiger partial charge in [-0.2, -0.15) is 18.3 Å². The van der Waals surface area contributed by atoms with Crippen molar-refractivity contribution in [2.75, 3.05) is 10.6 Å². The van der Waals surface area contributed by atoms with Gasteiger partial charge < -0.3 is 16.0 Å². The predicted octanol–water partition coefficient (Wildman–Crippen LogP) is 5.21. The van der Waals surface area contributed by atoms with Gasteiger partial charge in [0.15, 0.2) is 5.82 Å². The van der Waals surface area contributed by atoms with E-state index in [0.717, 1.165) is 11.3 Å². The topological polar surface area (TPSA) is 101 Å². The molecule has 0 fully saturated rings. The van der Waals surface area contributed by atoms with Crippen LogP contribution < -0.4 is 16.0 Å². The number of aryl methyl sites for hydroxylation is 2. The molecule has 8 nitrogen and oxygen atoms in total. The van der Waals surface area contributed by atoms with Gasteiger partial charge in [0.1, 0.15) is 5.82 Å². The molecule has 0 saturated carbocycles. The molecule has 0 radical (unpaired) electrons. The summed E-state index contributed by atoms with van der Waals surface area (Å²) < 4.78 is 55.0. The van der Waals surface area contributed by atoms with Crippen LogP contribution in [0.2, 0.25) is 0 Å². The average Bonchev–Trinajstić information content (AvgIpc) is 3.28. The van der Waals surface area contributed by atoms with Crippen molar-refractivity contribution in [3.05, 3.63) is 101 Å². The Bertz CT molecular complexity index is 1500. The lowest BCUT2D eigenvalue weighted by molar-refractivity contribution is -0.137. The molecular weight excluding hydrogens is 504 g/mol. The number of carbonyl (C=O) groups is 2. The molecule has 0 saturated heterocycles. The van der Waals surface area contributed by atoms with Crippen LogP contribution in [0.4, 0.5) is 34.8 Å². The Morgan fingerprint density at radius 1 is 0.974 bits per heavy atom. The highest BCUT2D eigenvalue weighted by Gasteiger charge is 2.32. The first-order valence-corrected chi connectivity index (χ1v) is 11.3. The van der Waals surface area contributed by atoms with Crippen LogP contribution in [0, 0.1) is 12.7 Å². The Morgan fingerprint density at radius 2 is 1.74 bits per heavy atom. The highest BCUT2D eigenvalue weighted by Crippen LogP contribution is 2.31. The number of nitrogens with zero attached hydrogens (tertiary/aromatic N) is 3. The summed E-state index contributed by atoms with van der Waals surface area (Å²) >= 11 is 0. The van der Waals surface area contributed by atoms with E-state index in [2.05, 4.69) is 26.0 Å². The lowest BCUT2D eigenvalue weighted by atomic mass is 10.1. The average molecular weight is 526 g/mol. The third-order valence-electron chi connectivity index (χ3n) is 5.64. The van der Waals surface area contributed by atoms with Gasteiger partial charge in [0.05, 0.1) is 29.1 Å². The van der Waals surface area contributed by atoms with E-state index >= 15 is 0 Å². The van der Waals surface area contributed by atoms with Crippen LogP contribution >= 0.6 is 0 Å². The summed E-state index contributed by atoms with van der Waals surface area (Å²) in [6, 6.07) is 11.8. The Morgan fingerprint density at radius 3 is 2.42 bits per heavy atom. The van der Waals surface area contributed by atoms with Crippen LogP contribution in [-0.2, 0) is 19.8 Å². The zero-order valence-electron chi connectivity index (χ0n) is 20.2. The van der Waals surface area contributed by atoms with Crippen molar-refractivity contribution in [3.63, 3.8) is 0 Å². The van der Waals surface area contributed by atoms with Gasteiger partial charge in [-0.3, -0.25) is 14.3 Å². The van der Waals surface area contributed by atoms with Crippen LogP contribution in [0.1, 0.15) is 37.5 Å². The van der Waals surface area contributed by atoms with E-state index in [0.29, 0.717) is 23.9 Å². The highest BCUT2D eigenvalue weighted by atomic mass is 19.4. The van der Waals surface area contributed by atoms with E-state index in [9.17, 15) is 27.2 Å². The summed E-state index contributed by atoms with van der Waals surface area (Å²) in [6.45, 7) is 2.01. The number of amides is 2.